The van der Waals surface area contributed by atoms with Crippen molar-refractivity contribution in [2.75, 3.05) is 33.3 Å². The second kappa shape index (κ2) is 8.48. The van der Waals surface area contributed by atoms with E-state index in [0.717, 1.165) is 32.5 Å². The highest BCUT2D eigenvalue weighted by Crippen LogP contribution is 1.90. The maximum absolute atomic E-state index is 8.58. The van der Waals surface area contributed by atoms with E-state index in [1.165, 1.54) is 0 Å². The van der Waals surface area contributed by atoms with Gasteiger partial charge in [-0.05, 0) is 39.9 Å². The molecular weight excluding hydrogens is 164 g/mol. The molecule has 0 spiro atoms. The fourth-order valence-electron chi connectivity index (χ4n) is 1.25. The number of hydrogen-bond acceptors (Lipinski definition) is 3. The number of nitrogens with one attached hydrogen (secondary N) is 1. The van der Waals surface area contributed by atoms with Crippen molar-refractivity contribution < 1.29 is 5.11 Å². The normalized spacial score (nSPS) is 13.6. The average Bonchev–Trinajstić information content (AvgIpc) is 2.12. The number of nitrogens with zero attached hydrogens (tertiary/aromatic N) is 1. The molecule has 2 N–H and O–H groups in total. The molecule has 0 saturated heterocycles. The van der Waals surface area contributed by atoms with Crippen molar-refractivity contribution >= 4 is 0 Å². The van der Waals surface area contributed by atoms with E-state index in [4.69, 9.17) is 5.11 Å². The summed E-state index contributed by atoms with van der Waals surface area (Å²) in [6.07, 6.45) is 1.97. The quantitative estimate of drug-likeness (QED) is 0.550. The summed E-state index contributed by atoms with van der Waals surface area (Å²) >= 11 is 0. The Kier molecular flexibility index (Phi) is 8.40. The van der Waals surface area contributed by atoms with Gasteiger partial charge in [0.2, 0.25) is 0 Å². The lowest BCUT2D eigenvalue weighted by Gasteiger charge is -2.20. The van der Waals surface area contributed by atoms with Gasteiger partial charge in [-0.1, -0.05) is 6.92 Å². The molecule has 0 aliphatic heterocycles. The van der Waals surface area contributed by atoms with Crippen LogP contribution in [-0.4, -0.2) is 49.3 Å². The van der Waals surface area contributed by atoms with Crippen LogP contribution in [0.2, 0.25) is 0 Å². The molecule has 0 fully saturated rings. The molecule has 0 saturated carbocycles. The smallest absolute Gasteiger partial charge is 0.0431 e. The van der Waals surface area contributed by atoms with Crippen LogP contribution >= 0.6 is 0 Å². The molecule has 80 valence electrons. The zero-order valence-electron chi connectivity index (χ0n) is 9.21. The van der Waals surface area contributed by atoms with E-state index in [2.05, 4.69) is 31.1 Å². The van der Waals surface area contributed by atoms with Crippen molar-refractivity contribution in [1.82, 2.24) is 10.2 Å². The van der Waals surface area contributed by atoms with E-state index in [1.54, 1.807) is 0 Å². The first kappa shape index (κ1) is 12.9. The topological polar surface area (TPSA) is 35.5 Å². The molecule has 13 heavy (non-hydrogen) atoms. The second-order valence-electron chi connectivity index (χ2n) is 3.64. The van der Waals surface area contributed by atoms with E-state index in [1.807, 2.05) is 0 Å². The SMILES string of the molecule is CCN(C)CC(C)NCCCCO. The largest absolute Gasteiger partial charge is 0.396 e. The van der Waals surface area contributed by atoms with Crippen molar-refractivity contribution in [3.05, 3.63) is 0 Å². The molecule has 3 nitrogen and oxygen atoms in total. The summed E-state index contributed by atoms with van der Waals surface area (Å²) in [6, 6.07) is 0.545. The molecular formula is C10H24N2O. The minimum Gasteiger partial charge on any atom is -0.396 e. The minimum atomic E-state index is 0.310. The Morgan fingerprint density at radius 1 is 1.38 bits per heavy atom. The Morgan fingerprint density at radius 2 is 2.08 bits per heavy atom. The molecule has 1 unspecified atom stereocenters. The van der Waals surface area contributed by atoms with Crippen molar-refractivity contribution in [3.8, 4) is 0 Å². The van der Waals surface area contributed by atoms with Gasteiger partial charge in [0, 0.05) is 19.2 Å². The monoisotopic (exact) mass is 188 g/mol. The second-order valence-corrected chi connectivity index (χ2v) is 3.64. The van der Waals surface area contributed by atoms with Gasteiger partial charge in [-0.3, -0.25) is 0 Å². The van der Waals surface area contributed by atoms with E-state index < -0.39 is 0 Å². The van der Waals surface area contributed by atoms with Gasteiger partial charge < -0.3 is 15.3 Å². The lowest BCUT2D eigenvalue weighted by molar-refractivity contribution is 0.278. The van der Waals surface area contributed by atoms with Gasteiger partial charge in [0.25, 0.3) is 0 Å². The first-order chi connectivity index (χ1) is 6.20. The summed E-state index contributed by atoms with van der Waals surface area (Å²) in [5, 5.41) is 12.0. The van der Waals surface area contributed by atoms with Crippen LogP contribution in [0.4, 0.5) is 0 Å². The molecule has 0 heterocycles. The Hall–Kier alpha value is -0.120. The lowest BCUT2D eigenvalue weighted by Crippen LogP contribution is -2.37. The van der Waals surface area contributed by atoms with Crippen LogP contribution in [0.25, 0.3) is 0 Å². The summed E-state index contributed by atoms with van der Waals surface area (Å²) in [6.45, 7) is 7.88. The zero-order valence-corrected chi connectivity index (χ0v) is 9.21. The van der Waals surface area contributed by atoms with Crippen LogP contribution in [0.15, 0.2) is 0 Å². The molecule has 3 heteroatoms. The van der Waals surface area contributed by atoms with Crippen LogP contribution in [-0.2, 0) is 0 Å². The van der Waals surface area contributed by atoms with Gasteiger partial charge in [-0.25, -0.2) is 0 Å². The van der Waals surface area contributed by atoms with Gasteiger partial charge in [0.05, 0.1) is 0 Å². The highest BCUT2D eigenvalue weighted by molar-refractivity contribution is 4.64. The Labute approximate surface area is 82.1 Å². The summed E-state index contributed by atoms with van der Waals surface area (Å²) in [5.74, 6) is 0. The van der Waals surface area contributed by atoms with Gasteiger partial charge in [-0.2, -0.15) is 0 Å². The van der Waals surface area contributed by atoms with Crippen molar-refractivity contribution in [1.29, 1.82) is 0 Å². The average molecular weight is 188 g/mol. The first-order valence-corrected chi connectivity index (χ1v) is 5.23. The Morgan fingerprint density at radius 3 is 2.62 bits per heavy atom. The molecule has 0 amide bonds. The maximum Gasteiger partial charge on any atom is 0.0431 e. The van der Waals surface area contributed by atoms with Crippen LogP contribution < -0.4 is 5.32 Å². The van der Waals surface area contributed by atoms with Gasteiger partial charge >= 0.3 is 0 Å². The van der Waals surface area contributed by atoms with Crippen molar-refractivity contribution in [2.45, 2.75) is 32.7 Å². The van der Waals surface area contributed by atoms with Crippen LogP contribution in [0, 0.1) is 0 Å². The fourth-order valence-corrected chi connectivity index (χ4v) is 1.25. The molecule has 0 bridgehead atoms. The lowest BCUT2D eigenvalue weighted by atomic mass is 10.2. The summed E-state index contributed by atoms with van der Waals surface area (Å²) < 4.78 is 0. The first-order valence-electron chi connectivity index (χ1n) is 5.23. The van der Waals surface area contributed by atoms with Crippen LogP contribution in [0.3, 0.4) is 0 Å². The third kappa shape index (κ3) is 8.22. The standard InChI is InChI=1S/C10H24N2O/c1-4-12(3)9-10(2)11-7-5-6-8-13/h10-11,13H,4-9H2,1-3H3. The van der Waals surface area contributed by atoms with Crippen molar-refractivity contribution in [2.24, 2.45) is 0 Å². The van der Waals surface area contributed by atoms with E-state index in [9.17, 15) is 0 Å². The Bertz CT molecular complexity index is 109. The highest BCUT2D eigenvalue weighted by Gasteiger charge is 2.02. The molecule has 0 aliphatic rings. The van der Waals surface area contributed by atoms with E-state index in [0.29, 0.717) is 12.6 Å². The fraction of sp³-hybridized carbons (Fsp3) is 1.00. The summed E-state index contributed by atoms with van der Waals surface area (Å²) in [4.78, 5) is 2.30. The predicted octanol–water partition coefficient (Wildman–Crippen LogP) is 0.689. The van der Waals surface area contributed by atoms with Crippen LogP contribution in [0.1, 0.15) is 26.7 Å². The molecule has 0 rings (SSSR count). The number of aliphatic hydroxyl groups is 1. The number of rotatable bonds is 8. The molecule has 0 aliphatic carbocycles. The number of aliphatic hydroxyl groups excluding tert-OH is 1. The molecule has 1 atom stereocenters. The maximum atomic E-state index is 8.58. The van der Waals surface area contributed by atoms with E-state index in [-0.39, 0.29) is 0 Å². The number of unbranched alkanes of at least 4 members (excludes halogenated alkanes) is 1. The summed E-state index contributed by atoms with van der Waals surface area (Å²) in [5.41, 5.74) is 0. The molecule has 0 aromatic carbocycles. The van der Waals surface area contributed by atoms with Gasteiger partial charge in [-0.15, -0.1) is 0 Å². The predicted molar refractivity (Wildman–Crippen MR) is 57.0 cm³/mol. The van der Waals surface area contributed by atoms with E-state index >= 15 is 0 Å². The van der Waals surface area contributed by atoms with Crippen molar-refractivity contribution in [3.63, 3.8) is 0 Å². The minimum absolute atomic E-state index is 0.310. The number of likely N-dealkylation sites (N-methyl/N-ethyl adjacent to an activating group) is 1. The highest BCUT2D eigenvalue weighted by atomic mass is 16.2. The Balaban J connectivity index is 3.24. The van der Waals surface area contributed by atoms with Gasteiger partial charge in [0.15, 0.2) is 0 Å². The zero-order chi connectivity index (χ0) is 10.1. The van der Waals surface area contributed by atoms with Crippen LogP contribution in [0.5, 0.6) is 0 Å². The summed E-state index contributed by atoms with van der Waals surface area (Å²) in [7, 11) is 2.13. The molecule has 0 aromatic rings. The molecule has 0 aromatic heterocycles. The van der Waals surface area contributed by atoms with Gasteiger partial charge in [0.1, 0.15) is 0 Å². The third-order valence-electron chi connectivity index (χ3n) is 2.20. The third-order valence-corrected chi connectivity index (χ3v) is 2.20. The molecule has 0 radical (unpaired) electrons. The number of hydrogen-bond donors (Lipinski definition) is 2.